The third-order valence-electron chi connectivity index (χ3n) is 2.30. The Morgan fingerprint density at radius 2 is 1.19 bits per heavy atom. The van der Waals surface area contributed by atoms with Gasteiger partial charge in [0.2, 0.25) is 0 Å². The maximum atomic E-state index is 11.9. The number of carbonyl (C=O) groups excluding carboxylic acids is 1. The standard InChI is InChI=1S/C11H18Br4O/c12-7-3-1-5-9(14)11(16)10(15)6-2-4-8-13/h9-10H,1-8H2. The van der Waals surface area contributed by atoms with Gasteiger partial charge >= 0.3 is 0 Å². The van der Waals surface area contributed by atoms with Crippen LogP contribution in [0.3, 0.4) is 0 Å². The highest BCUT2D eigenvalue weighted by Crippen LogP contribution is 2.20. The molecule has 96 valence electrons. The molecule has 0 bridgehead atoms. The van der Waals surface area contributed by atoms with E-state index in [1.54, 1.807) is 0 Å². The topological polar surface area (TPSA) is 17.1 Å². The summed E-state index contributed by atoms with van der Waals surface area (Å²) >= 11 is 13.7. The Hall–Kier alpha value is 1.59. The van der Waals surface area contributed by atoms with E-state index in [4.69, 9.17) is 0 Å². The molecule has 0 fully saturated rings. The lowest BCUT2D eigenvalue weighted by Gasteiger charge is -2.13. The second kappa shape index (κ2) is 11.7. The van der Waals surface area contributed by atoms with E-state index in [9.17, 15) is 4.79 Å². The van der Waals surface area contributed by atoms with Crippen LogP contribution in [0.1, 0.15) is 38.5 Å². The van der Waals surface area contributed by atoms with Gasteiger partial charge in [-0.05, 0) is 25.7 Å². The van der Waals surface area contributed by atoms with Crippen molar-refractivity contribution in [1.82, 2.24) is 0 Å². The number of alkyl halides is 4. The second-order valence-corrected chi connectivity index (χ2v) is 7.50. The number of carbonyl (C=O) groups is 1. The molecule has 0 rings (SSSR count). The van der Waals surface area contributed by atoms with E-state index in [1.165, 1.54) is 0 Å². The molecule has 0 aliphatic heterocycles. The average molecular weight is 486 g/mol. The zero-order valence-corrected chi connectivity index (χ0v) is 15.6. The monoisotopic (exact) mass is 482 g/mol. The number of rotatable bonds is 10. The van der Waals surface area contributed by atoms with Crippen LogP contribution in [0.25, 0.3) is 0 Å². The number of unbranched alkanes of at least 4 members (excludes halogenated alkanes) is 2. The van der Waals surface area contributed by atoms with E-state index in [-0.39, 0.29) is 9.65 Å². The maximum absolute atomic E-state index is 11.9. The fourth-order valence-electron chi connectivity index (χ4n) is 1.32. The van der Waals surface area contributed by atoms with Gasteiger partial charge in [-0.1, -0.05) is 76.6 Å². The van der Waals surface area contributed by atoms with E-state index < -0.39 is 0 Å². The van der Waals surface area contributed by atoms with Crippen LogP contribution in [0.5, 0.6) is 0 Å². The van der Waals surface area contributed by atoms with E-state index in [2.05, 4.69) is 63.7 Å². The first-order valence-electron chi connectivity index (χ1n) is 5.57. The van der Waals surface area contributed by atoms with Gasteiger partial charge in [-0.15, -0.1) is 0 Å². The maximum Gasteiger partial charge on any atom is 0.160 e. The summed E-state index contributed by atoms with van der Waals surface area (Å²) in [7, 11) is 0. The van der Waals surface area contributed by atoms with Crippen LogP contribution in [0.15, 0.2) is 0 Å². The molecule has 0 heterocycles. The Morgan fingerprint density at radius 1 is 0.812 bits per heavy atom. The Bertz CT molecular complexity index is 169. The molecule has 16 heavy (non-hydrogen) atoms. The summed E-state index contributed by atoms with van der Waals surface area (Å²) in [5.41, 5.74) is 0. The van der Waals surface area contributed by atoms with Crippen molar-refractivity contribution in [2.45, 2.75) is 48.2 Å². The molecule has 1 nitrogen and oxygen atoms in total. The van der Waals surface area contributed by atoms with Crippen molar-refractivity contribution < 1.29 is 4.79 Å². The van der Waals surface area contributed by atoms with Gasteiger partial charge in [0.15, 0.2) is 5.78 Å². The van der Waals surface area contributed by atoms with Crippen LogP contribution in [0.2, 0.25) is 0 Å². The quantitative estimate of drug-likeness (QED) is 0.306. The fraction of sp³-hybridized carbons (Fsp3) is 0.909. The van der Waals surface area contributed by atoms with Crippen LogP contribution in [0.4, 0.5) is 0 Å². The number of Topliss-reactive ketones (excluding diaryl/α,β-unsaturated/α-hetero) is 1. The third-order valence-corrected chi connectivity index (χ3v) is 5.24. The van der Waals surface area contributed by atoms with Crippen molar-refractivity contribution in [3.63, 3.8) is 0 Å². The predicted molar refractivity (Wildman–Crippen MR) is 85.7 cm³/mol. The number of hydrogen-bond acceptors (Lipinski definition) is 1. The van der Waals surface area contributed by atoms with E-state index >= 15 is 0 Å². The van der Waals surface area contributed by atoms with Crippen molar-refractivity contribution in [3.8, 4) is 0 Å². The first kappa shape index (κ1) is 17.6. The molecule has 0 aliphatic carbocycles. The van der Waals surface area contributed by atoms with E-state index in [0.29, 0.717) is 5.78 Å². The van der Waals surface area contributed by atoms with Gasteiger partial charge in [0.25, 0.3) is 0 Å². The number of hydrogen-bond donors (Lipinski definition) is 0. The minimum Gasteiger partial charge on any atom is -0.297 e. The fourth-order valence-corrected chi connectivity index (χ4v) is 3.75. The highest BCUT2D eigenvalue weighted by atomic mass is 79.9. The summed E-state index contributed by atoms with van der Waals surface area (Å²) in [4.78, 5) is 11.9. The average Bonchev–Trinajstić information content (AvgIpc) is 2.28. The highest BCUT2D eigenvalue weighted by Gasteiger charge is 2.21. The SMILES string of the molecule is O=C(C(Br)CCCCBr)C(Br)CCCCBr. The molecule has 5 heteroatoms. The van der Waals surface area contributed by atoms with Crippen LogP contribution in [0, 0.1) is 0 Å². The Balaban J connectivity index is 3.73. The van der Waals surface area contributed by atoms with Crippen molar-refractivity contribution in [2.75, 3.05) is 10.7 Å². The summed E-state index contributed by atoms with van der Waals surface area (Å²) in [6.07, 6.45) is 6.32. The molecule has 0 amide bonds. The third kappa shape index (κ3) is 8.65. The van der Waals surface area contributed by atoms with Gasteiger partial charge in [0.1, 0.15) is 0 Å². The van der Waals surface area contributed by atoms with Gasteiger partial charge in [0.05, 0.1) is 9.65 Å². The smallest absolute Gasteiger partial charge is 0.160 e. The zero-order chi connectivity index (χ0) is 12.4. The molecule has 0 aliphatic rings. The Kier molecular flexibility index (Phi) is 12.8. The largest absolute Gasteiger partial charge is 0.297 e. The molecule has 0 radical (unpaired) electrons. The first-order valence-corrected chi connectivity index (χ1v) is 9.64. The molecule has 0 N–H and O–H groups in total. The van der Waals surface area contributed by atoms with Gasteiger partial charge in [0, 0.05) is 10.7 Å². The molecule has 2 atom stereocenters. The first-order chi connectivity index (χ1) is 7.63. The molecular weight excluding hydrogens is 468 g/mol. The van der Waals surface area contributed by atoms with Gasteiger partial charge in [-0.25, -0.2) is 0 Å². The molecule has 2 unspecified atom stereocenters. The summed E-state index contributed by atoms with van der Waals surface area (Å²) < 4.78 is 0. The van der Waals surface area contributed by atoms with E-state index in [1.807, 2.05) is 0 Å². The molecule has 0 saturated carbocycles. The highest BCUT2D eigenvalue weighted by molar-refractivity contribution is 9.10. The van der Waals surface area contributed by atoms with Crippen molar-refractivity contribution in [1.29, 1.82) is 0 Å². The van der Waals surface area contributed by atoms with Crippen LogP contribution >= 0.6 is 63.7 Å². The summed E-state index contributed by atoms with van der Waals surface area (Å²) in [6.45, 7) is 0. The molecule has 0 aromatic carbocycles. The van der Waals surface area contributed by atoms with Gasteiger partial charge in [-0.3, -0.25) is 4.79 Å². The van der Waals surface area contributed by atoms with Crippen LogP contribution in [-0.2, 0) is 4.79 Å². The summed E-state index contributed by atoms with van der Waals surface area (Å²) in [5.74, 6) is 0.296. The van der Waals surface area contributed by atoms with Crippen molar-refractivity contribution in [3.05, 3.63) is 0 Å². The van der Waals surface area contributed by atoms with Gasteiger partial charge < -0.3 is 0 Å². The lowest BCUT2D eigenvalue weighted by molar-refractivity contribution is -0.118. The second-order valence-electron chi connectivity index (χ2n) is 3.71. The summed E-state index contributed by atoms with van der Waals surface area (Å²) in [5, 5.41) is 2.04. The number of ketones is 1. The molecular formula is C11H18Br4O. The van der Waals surface area contributed by atoms with Crippen LogP contribution in [-0.4, -0.2) is 26.1 Å². The molecule has 0 aromatic heterocycles. The van der Waals surface area contributed by atoms with Crippen LogP contribution < -0.4 is 0 Å². The van der Waals surface area contributed by atoms with E-state index in [0.717, 1.165) is 49.2 Å². The molecule has 0 saturated heterocycles. The minimum atomic E-state index is 0.0138. The number of halogens is 4. The zero-order valence-electron chi connectivity index (χ0n) is 9.23. The predicted octanol–water partition coefficient (Wildman–Crippen LogP) is 5.21. The van der Waals surface area contributed by atoms with Crippen molar-refractivity contribution >= 4 is 69.5 Å². The summed E-state index contributed by atoms with van der Waals surface area (Å²) in [6, 6.07) is 0. The Labute approximate surface area is 132 Å². The van der Waals surface area contributed by atoms with Gasteiger partial charge in [-0.2, -0.15) is 0 Å². The lowest BCUT2D eigenvalue weighted by Crippen LogP contribution is -2.24. The minimum absolute atomic E-state index is 0.0138. The molecule has 0 spiro atoms. The van der Waals surface area contributed by atoms with Crippen molar-refractivity contribution in [2.24, 2.45) is 0 Å². The normalized spacial score (nSPS) is 14.8. The Morgan fingerprint density at radius 3 is 1.50 bits per heavy atom. The molecule has 0 aromatic rings. The lowest BCUT2D eigenvalue weighted by atomic mass is 10.1.